The van der Waals surface area contributed by atoms with Crippen molar-refractivity contribution in [3.63, 3.8) is 0 Å². The van der Waals surface area contributed by atoms with Crippen molar-refractivity contribution in [1.82, 2.24) is 15.8 Å². The second-order valence-corrected chi connectivity index (χ2v) is 2.39. The Hall–Kier alpha value is -1.42. The van der Waals surface area contributed by atoms with Gasteiger partial charge in [0.15, 0.2) is 0 Å². The summed E-state index contributed by atoms with van der Waals surface area (Å²) in [5.74, 6) is -0.0935. The van der Waals surface area contributed by atoms with Crippen LogP contribution in [0.15, 0.2) is 24.5 Å². The summed E-state index contributed by atoms with van der Waals surface area (Å²) in [5, 5.41) is 0. The van der Waals surface area contributed by atoms with Crippen LogP contribution in [0.3, 0.4) is 0 Å². The molecule has 1 aromatic rings. The summed E-state index contributed by atoms with van der Waals surface area (Å²) < 4.78 is 0. The molecule has 0 radical (unpaired) electrons. The van der Waals surface area contributed by atoms with E-state index in [0.29, 0.717) is 6.54 Å². The summed E-state index contributed by atoms with van der Waals surface area (Å²) in [5.41, 5.74) is 6.34. The highest BCUT2D eigenvalue weighted by Gasteiger charge is 1.90. The van der Waals surface area contributed by atoms with Crippen molar-refractivity contribution in [2.24, 2.45) is 0 Å². The standard InChI is InChI=1S/C8H11N3O/c1-7(12)11-10-6-8-2-4-9-5-3-8/h2-5,10H,6H2,1H3,(H,11,12). The summed E-state index contributed by atoms with van der Waals surface area (Å²) in [6.07, 6.45) is 3.43. The third-order valence-electron chi connectivity index (χ3n) is 1.31. The van der Waals surface area contributed by atoms with Crippen LogP contribution >= 0.6 is 0 Å². The Morgan fingerprint density at radius 3 is 2.75 bits per heavy atom. The van der Waals surface area contributed by atoms with E-state index in [2.05, 4.69) is 15.8 Å². The summed E-state index contributed by atoms with van der Waals surface area (Å²) in [6, 6.07) is 3.77. The third kappa shape index (κ3) is 3.12. The van der Waals surface area contributed by atoms with Crippen LogP contribution in [0, 0.1) is 0 Å². The number of carbonyl (C=O) groups is 1. The largest absolute Gasteiger partial charge is 0.292 e. The van der Waals surface area contributed by atoms with Crippen LogP contribution in [0.5, 0.6) is 0 Å². The summed E-state index contributed by atoms with van der Waals surface area (Å²) in [4.78, 5) is 14.3. The van der Waals surface area contributed by atoms with Crippen molar-refractivity contribution in [3.05, 3.63) is 30.1 Å². The summed E-state index contributed by atoms with van der Waals surface area (Å²) in [6.45, 7) is 2.07. The van der Waals surface area contributed by atoms with Crippen molar-refractivity contribution in [2.45, 2.75) is 13.5 Å². The van der Waals surface area contributed by atoms with Gasteiger partial charge in [-0.2, -0.15) is 0 Å². The minimum atomic E-state index is -0.0935. The zero-order valence-corrected chi connectivity index (χ0v) is 6.87. The predicted molar refractivity (Wildman–Crippen MR) is 44.9 cm³/mol. The topological polar surface area (TPSA) is 54.0 Å². The van der Waals surface area contributed by atoms with Crippen molar-refractivity contribution < 1.29 is 4.79 Å². The maximum absolute atomic E-state index is 10.4. The lowest BCUT2D eigenvalue weighted by molar-refractivity contribution is -0.119. The first-order chi connectivity index (χ1) is 5.79. The smallest absolute Gasteiger partial charge is 0.230 e. The lowest BCUT2D eigenvalue weighted by Gasteiger charge is -2.03. The summed E-state index contributed by atoms with van der Waals surface area (Å²) >= 11 is 0. The number of rotatable bonds is 3. The van der Waals surface area contributed by atoms with Crippen LogP contribution < -0.4 is 10.9 Å². The van der Waals surface area contributed by atoms with E-state index in [9.17, 15) is 4.79 Å². The average Bonchev–Trinajstić information content (AvgIpc) is 2.05. The van der Waals surface area contributed by atoms with Crippen LogP contribution in [-0.2, 0) is 11.3 Å². The van der Waals surface area contributed by atoms with E-state index in [-0.39, 0.29) is 5.91 Å². The van der Waals surface area contributed by atoms with E-state index in [1.807, 2.05) is 12.1 Å². The fourth-order valence-electron chi connectivity index (χ4n) is 0.771. The first-order valence-corrected chi connectivity index (χ1v) is 3.67. The molecule has 0 fully saturated rings. The zero-order chi connectivity index (χ0) is 8.81. The monoisotopic (exact) mass is 165 g/mol. The number of carbonyl (C=O) groups excluding carboxylic acids is 1. The van der Waals surface area contributed by atoms with Crippen LogP contribution in [-0.4, -0.2) is 10.9 Å². The number of amides is 1. The van der Waals surface area contributed by atoms with Crippen LogP contribution in [0.25, 0.3) is 0 Å². The van der Waals surface area contributed by atoms with Gasteiger partial charge in [0.05, 0.1) is 0 Å². The van der Waals surface area contributed by atoms with Crippen molar-refractivity contribution in [2.75, 3.05) is 0 Å². The minimum absolute atomic E-state index is 0.0935. The molecule has 0 aliphatic heterocycles. The van der Waals surface area contributed by atoms with Crippen molar-refractivity contribution in [3.8, 4) is 0 Å². The second kappa shape index (κ2) is 4.46. The molecule has 0 aromatic carbocycles. The zero-order valence-electron chi connectivity index (χ0n) is 6.87. The van der Waals surface area contributed by atoms with E-state index < -0.39 is 0 Å². The molecular formula is C8H11N3O. The van der Waals surface area contributed by atoms with E-state index in [0.717, 1.165) is 5.56 Å². The number of hydrazine groups is 1. The maximum atomic E-state index is 10.4. The van der Waals surface area contributed by atoms with Gasteiger partial charge in [-0.15, -0.1) is 0 Å². The highest BCUT2D eigenvalue weighted by Crippen LogP contribution is 1.93. The number of pyridine rings is 1. The number of hydrogen-bond acceptors (Lipinski definition) is 3. The molecule has 2 N–H and O–H groups in total. The first kappa shape index (κ1) is 8.67. The Morgan fingerprint density at radius 1 is 1.50 bits per heavy atom. The van der Waals surface area contributed by atoms with Crippen LogP contribution in [0.4, 0.5) is 0 Å². The van der Waals surface area contributed by atoms with Gasteiger partial charge in [0.25, 0.3) is 0 Å². The van der Waals surface area contributed by atoms with E-state index in [4.69, 9.17) is 0 Å². The molecule has 1 rings (SSSR count). The first-order valence-electron chi connectivity index (χ1n) is 3.67. The average molecular weight is 165 g/mol. The molecule has 0 aliphatic rings. The third-order valence-corrected chi connectivity index (χ3v) is 1.31. The molecule has 0 aliphatic carbocycles. The molecule has 1 heterocycles. The lowest BCUT2D eigenvalue weighted by atomic mass is 10.3. The molecule has 0 saturated carbocycles. The van der Waals surface area contributed by atoms with E-state index in [1.165, 1.54) is 6.92 Å². The molecule has 0 bridgehead atoms. The molecule has 1 aromatic heterocycles. The molecular weight excluding hydrogens is 154 g/mol. The quantitative estimate of drug-likeness (QED) is 0.630. The van der Waals surface area contributed by atoms with Crippen LogP contribution in [0.2, 0.25) is 0 Å². The molecule has 4 nitrogen and oxygen atoms in total. The fourth-order valence-corrected chi connectivity index (χ4v) is 0.771. The number of aromatic nitrogens is 1. The molecule has 12 heavy (non-hydrogen) atoms. The molecule has 0 atom stereocenters. The van der Waals surface area contributed by atoms with Gasteiger partial charge in [0.1, 0.15) is 0 Å². The molecule has 4 heteroatoms. The molecule has 64 valence electrons. The Morgan fingerprint density at radius 2 is 2.17 bits per heavy atom. The number of nitrogens with zero attached hydrogens (tertiary/aromatic N) is 1. The van der Waals surface area contributed by atoms with Gasteiger partial charge in [0.2, 0.25) is 5.91 Å². The molecule has 0 spiro atoms. The van der Waals surface area contributed by atoms with Gasteiger partial charge in [-0.1, -0.05) is 0 Å². The fraction of sp³-hybridized carbons (Fsp3) is 0.250. The second-order valence-electron chi connectivity index (χ2n) is 2.39. The van der Waals surface area contributed by atoms with E-state index >= 15 is 0 Å². The Labute approximate surface area is 71.0 Å². The van der Waals surface area contributed by atoms with E-state index in [1.54, 1.807) is 12.4 Å². The lowest BCUT2D eigenvalue weighted by Crippen LogP contribution is -2.34. The minimum Gasteiger partial charge on any atom is -0.292 e. The predicted octanol–water partition coefficient (Wildman–Crippen LogP) is 0.222. The Kier molecular flexibility index (Phi) is 3.22. The maximum Gasteiger partial charge on any atom is 0.230 e. The van der Waals surface area contributed by atoms with Gasteiger partial charge < -0.3 is 0 Å². The van der Waals surface area contributed by atoms with Crippen molar-refractivity contribution in [1.29, 1.82) is 0 Å². The number of hydrogen-bond donors (Lipinski definition) is 2. The SMILES string of the molecule is CC(=O)NNCc1ccncc1. The number of nitrogens with one attached hydrogen (secondary N) is 2. The highest BCUT2D eigenvalue weighted by molar-refractivity contribution is 5.72. The highest BCUT2D eigenvalue weighted by atomic mass is 16.2. The molecule has 0 unspecified atom stereocenters. The van der Waals surface area contributed by atoms with Gasteiger partial charge in [-0.05, 0) is 17.7 Å². The molecule has 1 amide bonds. The van der Waals surface area contributed by atoms with Crippen LogP contribution in [0.1, 0.15) is 12.5 Å². The van der Waals surface area contributed by atoms with Gasteiger partial charge >= 0.3 is 0 Å². The Balaban J connectivity index is 2.29. The van der Waals surface area contributed by atoms with Gasteiger partial charge in [0, 0.05) is 25.9 Å². The van der Waals surface area contributed by atoms with Gasteiger partial charge in [-0.3, -0.25) is 15.2 Å². The Bertz CT molecular complexity index is 248. The summed E-state index contributed by atoms with van der Waals surface area (Å²) in [7, 11) is 0. The molecule has 0 saturated heterocycles. The normalized spacial score (nSPS) is 9.42. The van der Waals surface area contributed by atoms with Crippen molar-refractivity contribution >= 4 is 5.91 Å². The van der Waals surface area contributed by atoms with Gasteiger partial charge in [-0.25, -0.2) is 5.43 Å².